The van der Waals surface area contributed by atoms with Crippen LogP contribution in [0.25, 0.3) is 0 Å². The van der Waals surface area contributed by atoms with Crippen molar-refractivity contribution in [3.8, 4) is 0 Å². The molecule has 0 spiro atoms. The molecule has 1 aromatic carbocycles. The molecule has 0 saturated carbocycles. The number of guanidine groups is 1. The zero-order valence-corrected chi connectivity index (χ0v) is 20.0. The molecule has 0 radical (unpaired) electrons. The third-order valence-electron chi connectivity index (χ3n) is 4.35. The highest BCUT2D eigenvalue weighted by molar-refractivity contribution is 14.0. The van der Waals surface area contributed by atoms with Gasteiger partial charge in [0.15, 0.2) is 15.8 Å². The number of halogens is 2. The van der Waals surface area contributed by atoms with Gasteiger partial charge in [-0.1, -0.05) is 15.9 Å². The van der Waals surface area contributed by atoms with Crippen LogP contribution in [0.4, 0.5) is 0 Å². The van der Waals surface area contributed by atoms with E-state index in [2.05, 4.69) is 31.1 Å². The van der Waals surface area contributed by atoms with E-state index in [0.717, 1.165) is 23.9 Å². The van der Waals surface area contributed by atoms with Crippen LogP contribution in [0.2, 0.25) is 0 Å². The Morgan fingerprint density at radius 3 is 2.63 bits per heavy atom. The zero-order valence-electron chi connectivity index (χ0n) is 15.2. The first-order valence-electron chi connectivity index (χ1n) is 8.54. The Hall–Kier alpha value is -0.880. The molecule has 1 fully saturated rings. The molecule has 0 aliphatic carbocycles. The van der Waals surface area contributed by atoms with Crippen molar-refractivity contribution in [2.45, 2.75) is 24.2 Å². The molecule has 10 heteroatoms. The van der Waals surface area contributed by atoms with E-state index in [-0.39, 0.29) is 48.1 Å². The van der Waals surface area contributed by atoms with Gasteiger partial charge in [-0.25, -0.2) is 8.42 Å². The first kappa shape index (κ1) is 24.2. The SMILES string of the molecule is CN=C(NCCS(=O)(=O)c1ccc(Br)cc1)N1CCCC(CC(N)=O)C1.I. The van der Waals surface area contributed by atoms with Crippen molar-refractivity contribution < 1.29 is 13.2 Å². The summed E-state index contributed by atoms with van der Waals surface area (Å²) in [7, 11) is -1.69. The molecule has 1 aliphatic heterocycles. The minimum absolute atomic E-state index is 0. The molecule has 1 saturated heterocycles. The summed E-state index contributed by atoms with van der Waals surface area (Å²) < 4.78 is 25.6. The number of nitrogens with two attached hydrogens (primary N) is 1. The van der Waals surface area contributed by atoms with Gasteiger partial charge in [0.1, 0.15) is 0 Å². The highest BCUT2D eigenvalue weighted by Crippen LogP contribution is 2.19. The maximum atomic E-state index is 12.4. The summed E-state index contributed by atoms with van der Waals surface area (Å²) in [6, 6.07) is 6.61. The molecule has 1 unspecified atom stereocenters. The van der Waals surface area contributed by atoms with Gasteiger partial charge in [-0.2, -0.15) is 0 Å². The summed E-state index contributed by atoms with van der Waals surface area (Å²) in [5.74, 6) is 0.559. The zero-order chi connectivity index (χ0) is 19.2. The van der Waals surface area contributed by atoms with Crippen molar-refractivity contribution in [2.24, 2.45) is 16.6 Å². The lowest BCUT2D eigenvalue weighted by molar-refractivity contribution is -0.119. The van der Waals surface area contributed by atoms with Crippen LogP contribution in [0, 0.1) is 5.92 Å². The lowest BCUT2D eigenvalue weighted by Gasteiger charge is -2.34. The number of rotatable bonds is 6. The summed E-state index contributed by atoms with van der Waals surface area (Å²) in [6.07, 6.45) is 2.29. The Morgan fingerprint density at radius 1 is 1.37 bits per heavy atom. The highest BCUT2D eigenvalue weighted by atomic mass is 127. The van der Waals surface area contributed by atoms with E-state index >= 15 is 0 Å². The van der Waals surface area contributed by atoms with E-state index in [9.17, 15) is 13.2 Å². The Kier molecular flexibility index (Phi) is 10.0. The molecule has 1 aromatic rings. The van der Waals surface area contributed by atoms with Crippen LogP contribution in [-0.4, -0.2) is 57.6 Å². The molecule has 1 aliphatic rings. The molecule has 0 bridgehead atoms. The number of piperidine rings is 1. The number of benzene rings is 1. The van der Waals surface area contributed by atoms with E-state index in [0.29, 0.717) is 23.8 Å². The number of primary amides is 1. The smallest absolute Gasteiger partial charge is 0.217 e. The van der Waals surface area contributed by atoms with Crippen LogP contribution in [0.1, 0.15) is 19.3 Å². The van der Waals surface area contributed by atoms with Crippen molar-refractivity contribution in [2.75, 3.05) is 32.4 Å². The number of hydrogen-bond acceptors (Lipinski definition) is 4. The molecular weight excluding hydrogens is 547 g/mol. The number of likely N-dealkylation sites (tertiary alicyclic amines) is 1. The molecule has 3 N–H and O–H groups in total. The third kappa shape index (κ3) is 7.57. The van der Waals surface area contributed by atoms with Gasteiger partial charge in [-0.3, -0.25) is 9.79 Å². The van der Waals surface area contributed by atoms with Gasteiger partial charge < -0.3 is 16.0 Å². The van der Waals surface area contributed by atoms with E-state index in [1.54, 1.807) is 31.3 Å². The van der Waals surface area contributed by atoms with Crippen molar-refractivity contribution in [1.82, 2.24) is 10.2 Å². The molecule has 0 aromatic heterocycles. The fraction of sp³-hybridized carbons (Fsp3) is 0.529. The first-order valence-corrected chi connectivity index (χ1v) is 11.0. The predicted octanol–water partition coefficient (Wildman–Crippen LogP) is 2.00. The van der Waals surface area contributed by atoms with Crippen LogP contribution < -0.4 is 11.1 Å². The van der Waals surface area contributed by atoms with E-state index < -0.39 is 9.84 Å². The van der Waals surface area contributed by atoms with Crippen molar-refractivity contribution in [3.63, 3.8) is 0 Å². The number of carbonyl (C=O) groups is 1. The summed E-state index contributed by atoms with van der Waals surface area (Å²) in [5, 5.41) is 3.12. The second-order valence-corrected chi connectivity index (χ2v) is 9.40. The Labute approximate surface area is 186 Å². The highest BCUT2D eigenvalue weighted by Gasteiger charge is 2.24. The molecular formula is C17H26BrIN4O3S. The molecule has 1 heterocycles. The number of sulfone groups is 1. The number of aliphatic imine (C=N–C) groups is 1. The standard InChI is InChI=1S/C17H25BrN4O3S.HI/c1-20-17(22-9-2-3-13(12-22)11-16(19)23)21-8-10-26(24,25)15-6-4-14(18)5-7-15;/h4-7,13H,2-3,8-12H2,1H3,(H2,19,23)(H,20,21);1H. The van der Waals surface area contributed by atoms with E-state index in [4.69, 9.17) is 5.73 Å². The van der Waals surface area contributed by atoms with Gasteiger partial charge in [0.25, 0.3) is 0 Å². The Morgan fingerprint density at radius 2 is 2.04 bits per heavy atom. The minimum atomic E-state index is -3.36. The average Bonchev–Trinajstić information content (AvgIpc) is 2.59. The van der Waals surface area contributed by atoms with Crippen LogP contribution in [0.3, 0.4) is 0 Å². The maximum Gasteiger partial charge on any atom is 0.217 e. The topological polar surface area (TPSA) is 105 Å². The van der Waals surface area contributed by atoms with Crippen LogP contribution in [0.15, 0.2) is 38.6 Å². The Bertz CT molecular complexity index is 756. The van der Waals surface area contributed by atoms with Gasteiger partial charge in [-0.15, -0.1) is 24.0 Å². The molecule has 152 valence electrons. The van der Waals surface area contributed by atoms with Gasteiger partial charge in [0.2, 0.25) is 5.91 Å². The summed E-state index contributed by atoms with van der Waals surface area (Å²) in [5.41, 5.74) is 5.30. The lowest BCUT2D eigenvalue weighted by Crippen LogP contribution is -2.48. The molecule has 7 nitrogen and oxygen atoms in total. The van der Waals surface area contributed by atoms with Crippen LogP contribution in [-0.2, 0) is 14.6 Å². The molecule has 1 amide bonds. The lowest BCUT2D eigenvalue weighted by atomic mass is 9.95. The van der Waals surface area contributed by atoms with Crippen LogP contribution >= 0.6 is 39.9 Å². The minimum Gasteiger partial charge on any atom is -0.370 e. The monoisotopic (exact) mass is 572 g/mol. The number of carbonyl (C=O) groups excluding carboxylic acids is 1. The van der Waals surface area contributed by atoms with Crippen LogP contribution in [0.5, 0.6) is 0 Å². The van der Waals surface area contributed by atoms with Gasteiger partial charge in [0, 0.05) is 37.6 Å². The largest absolute Gasteiger partial charge is 0.370 e. The Balaban J connectivity index is 0.00000364. The number of amides is 1. The summed E-state index contributed by atoms with van der Waals surface area (Å²) in [4.78, 5) is 17.7. The fourth-order valence-corrected chi connectivity index (χ4v) is 4.52. The second kappa shape index (κ2) is 11.2. The fourth-order valence-electron chi connectivity index (χ4n) is 3.10. The molecule has 2 rings (SSSR count). The van der Waals surface area contributed by atoms with Crippen molar-refractivity contribution >= 4 is 61.6 Å². The van der Waals surface area contributed by atoms with E-state index in [1.807, 2.05) is 0 Å². The molecule has 1 atom stereocenters. The van der Waals surface area contributed by atoms with Gasteiger partial charge in [-0.05, 0) is 43.0 Å². The number of nitrogens with zero attached hydrogens (tertiary/aromatic N) is 2. The number of hydrogen-bond donors (Lipinski definition) is 2. The molecule has 27 heavy (non-hydrogen) atoms. The van der Waals surface area contributed by atoms with Gasteiger partial charge >= 0.3 is 0 Å². The van der Waals surface area contributed by atoms with Crippen molar-refractivity contribution in [3.05, 3.63) is 28.7 Å². The average molecular weight is 573 g/mol. The predicted molar refractivity (Wildman–Crippen MR) is 121 cm³/mol. The summed E-state index contributed by atoms with van der Waals surface area (Å²) in [6.45, 7) is 1.79. The third-order valence-corrected chi connectivity index (χ3v) is 6.61. The van der Waals surface area contributed by atoms with Gasteiger partial charge in [0.05, 0.1) is 10.6 Å². The van der Waals surface area contributed by atoms with Crippen molar-refractivity contribution in [1.29, 1.82) is 0 Å². The number of nitrogens with one attached hydrogen (secondary N) is 1. The summed E-state index contributed by atoms with van der Waals surface area (Å²) >= 11 is 3.30. The normalized spacial score (nSPS) is 17.9. The second-order valence-electron chi connectivity index (χ2n) is 6.37. The van der Waals surface area contributed by atoms with E-state index in [1.165, 1.54) is 0 Å². The quantitative estimate of drug-likeness (QED) is 0.308. The first-order chi connectivity index (χ1) is 12.3. The maximum absolute atomic E-state index is 12.4.